The number of hydrazone groups is 1. The molecule has 2 amide bonds. The van der Waals surface area contributed by atoms with Crippen molar-refractivity contribution in [3.63, 3.8) is 0 Å². The highest BCUT2D eigenvalue weighted by Crippen LogP contribution is 2.38. The Morgan fingerprint density at radius 3 is 2.40 bits per heavy atom. The summed E-state index contributed by atoms with van der Waals surface area (Å²) < 4.78 is 10.9. The van der Waals surface area contributed by atoms with Crippen LogP contribution in [0.25, 0.3) is 0 Å². The summed E-state index contributed by atoms with van der Waals surface area (Å²) in [6, 6.07) is 17.6. The number of carbonyl (C=O) groups excluding carboxylic acids is 3. The molecule has 42 heavy (non-hydrogen) atoms. The monoisotopic (exact) mass is 575 g/mol. The number of hydrogen-bond donors (Lipinski definition) is 1. The lowest BCUT2D eigenvalue weighted by atomic mass is 9.83. The second-order valence-corrected chi connectivity index (χ2v) is 12.5. The molecule has 1 saturated carbocycles. The van der Waals surface area contributed by atoms with Gasteiger partial charge in [-0.15, -0.1) is 5.10 Å². The normalized spacial score (nSPS) is 17.3. The molecule has 8 nitrogen and oxygen atoms in total. The van der Waals surface area contributed by atoms with Crippen molar-refractivity contribution in [2.75, 3.05) is 6.61 Å². The molecule has 2 atom stereocenters. The predicted octanol–water partition coefficient (Wildman–Crippen LogP) is 6.09. The molecule has 0 radical (unpaired) electrons. The fourth-order valence-electron chi connectivity index (χ4n) is 5.69. The minimum Gasteiger partial charge on any atom is -0.466 e. The smallest absolute Gasteiger partial charge is 0.306 e. The number of carbonyl (C=O) groups is 3. The molecule has 1 unspecified atom stereocenters. The third-order valence-electron chi connectivity index (χ3n) is 7.75. The van der Waals surface area contributed by atoms with Gasteiger partial charge in [-0.3, -0.25) is 14.4 Å². The van der Waals surface area contributed by atoms with Crippen molar-refractivity contribution >= 4 is 23.7 Å². The van der Waals surface area contributed by atoms with Gasteiger partial charge < -0.3 is 14.8 Å². The Balaban J connectivity index is 1.35. The van der Waals surface area contributed by atoms with Crippen LogP contribution in [0.3, 0.4) is 0 Å². The Morgan fingerprint density at radius 1 is 1.05 bits per heavy atom. The van der Waals surface area contributed by atoms with Crippen LogP contribution < -0.4 is 5.32 Å². The van der Waals surface area contributed by atoms with Gasteiger partial charge in [0.25, 0.3) is 5.91 Å². The van der Waals surface area contributed by atoms with Crippen molar-refractivity contribution in [1.82, 2.24) is 10.3 Å². The second kappa shape index (κ2) is 14.5. The third-order valence-corrected chi connectivity index (χ3v) is 7.75. The highest BCUT2D eigenvalue weighted by atomic mass is 16.6. The van der Waals surface area contributed by atoms with Crippen LogP contribution in [0.5, 0.6) is 0 Å². The number of esters is 1. The summed E-state index contributed by atoms with van der Waals surface area (Å²) in [7, 11) is 0. The molecule has 1 fully saturated rings. The average Bonchev–Trinajstić information content (AvgIpc) is 3.47. The summed E-state index contributed by atoms with van der Waals surface area (Å²) >= 11 is 0. The summed E-state index contributed by atoms with van der Waals surface area (Å²) in [6.07, 6.45) is 7.17. The van der Waals surface area contributed by atoms with Crippen LogP contribution in [-0.2, 0) is 30.4 Å². The maximum absolute atomic E-state index is 13.6. The van der Waals surface area contributed by atoms with Gasteiger partial charge in [0, 0.05) is 18.0 Å². The highest BCUT2D eigenvalue weighted by Gasteiger charge is 2.32. The molecule has 2 aromatic rings. The number of nitrogens with one attached hydrogen (secondary N) is 1. The largest absolute Gasteiger partial charge is 0.466 e. The van der Waals surface area contributed by atoms with Crippen molar-refractivity contribution in [1.29, 1.82) is 0 Å². The van der Waals surface area contributed by atoms with Gasteiger partial charge >= 0.3 is 5.97 Å². The van der Waals surface area contributed by atoms with Gasteiger partial charge in [0.2, 0.25) is 11.8 Å². The first-order valence-corrected chi connectivity index (χ1v) is 15.3. The van der Waals surface area contributed by atoms with Crippen LogP contribution in [0, 0.1) is 5.92 Å². The lowest BCUT2D eigenvalue weighted by Crippen LogP contribution is -2.38. The van der Waals surface area contributed by atoms with Crippen molar-refractivity contribution in [3.8, 4) is 0 Å². The second-order valence-electron chi connectivity index (χ2n) is 12.5. The Bertz CT molecular complexity index is 1230. The summed E-state index contributed by atoms with van der Waals surface area (Å²) in [5, 5.41) is 9.15. The number of unbranched alkanes of at least 4 members (excludes halogenated alkanes) is 1. The first-order chi connectivity index (χ1) is 20.1. The van der Waals surface area contributed by atoms with Crippen molar-refractivity contribution in [3.05, 3.63) is 71.3 Å². The molecular formula is C34H45N3O5. The molecule has 226 valence electrons. The topological polar surface area (TPSA) is 97.3 Å². The molecule has 1 aliphatic heterocycles. The third kappa shape index (κ3) is 9.16. The van der Waals surface area contributed by atoms with E-state index in [0.29, 0.717) is 24.8 Å². The number of amides is 2. The van der Waals surface area contributed by atoms with E-state index in [1.165, 1.54) is 5.01 Å². The van der Waals surface area contributed by atoms with E-state index in [4.69, 9.17) is 9.47 Å². The lowest BCUT2D eigenvalue weighted by Gasteiger charge is -2.26. The zero-order valence-electron chi connectivity index (χ0n) is 25.4. The summed E-state index contributed by atoms with van der Waals surface area (Å²) in [6.45, 7) is 7.94. The van der Waals surface area contributed by atoms with E-state index >= 15 is 0 Å². The van der Waals surface area contributed by atoms with Crippen LogP contribution in [0.15, 0.2) is 59.7 Å². The Labute approximate surface area is 249 Å². The molecule has 0 bridgehead atoms. The SMILES string of the molecule is CC(CCCCC(=O)OC(C)(C)C)NC(=O)[C@H](c1ccc(CN2N=C(c3ccccc3)OCC2=O)cc1)C1CCCC1. The van der Waals surface area contributed by atoms with Gasteiger partial charge in [-0.05, 0) is 82.6 Å². The Morgan fingerprint density at radius 2 is 1.74 bits per heavy atom. The number of hydrogen-bond acceptors (Lipinski definition) is 6. The molecule has 0 aromatic heterocycles. The van der Waals surface area contributed by atoms with Gasteiger partial charge in [-0.25, -0.2) is 5.01 Å². The van der Waals surface area contributed by atoms with Crippen molar-refractivity contribution in [2.45, 2.75) is 103 Å². The van der Waals surface area contributed by atoms with E-state index in [1.54, 1.807) is 0 Å². The average molecular weight is 576 g/mol. The van der Waals surface area contributed by atoms with E-state index < -0.39 is 5.60 Å². The molecule has 2 aromatic carbocycles. The van der Waals surface area contributed by atoms with Crippen molar-refractivity contribution < 1.29 is 23.9 Å². The fourth-order valence-corrected chi connectivity index (χ4v) is 5.69. The van der Waals surface area contributed by atoms with Gasteiger partial charge in [0.05, 0.1) is 12.5 Å². The van der Waals surface area contributed by atoms with Crippen LogP contribution in [0.1, 0.15) is 102 Å². The summed E-state index contributed by atoms with van der Waals surface area (Å²) in [4.78, 5) is 38.1. The molecule has 2 aliphatic rings. The van der Waals surface area contributed by atoms with Crippen LogP contribution in [0.4, 0.5) is 0 Å². The van der Waals surface area contributed by atoms with Gasteiger partial charge in [-0.2, -0.15) is 0 Å². The van der Waals surface area contributed by atoms with Gasteiger partial charge in [0.1, 0.15) is 5.60 Å². The summed E-state index contributed by atoms with van der Waals surface area (Å²) in [5.74, 6) is 0.235. The molecule has 1 aliphatic carbocycles. The van der Waals surface area contributed by atoms with Crippen LogP contribution >= 0.6 is 0 Å². The first-order valence-electron chi connectivity index (χ1n) is 15.3. The summed E-state index contributed by atoms with van der Waals surface area (Å²) in [5.41, 5.74) is 2.30. The van der Waals surface area contributed by atoms with Gasteiger partial charge in [0.15, 0.2) is 6.61 Å². The van der Waals surface area contributed by atoms with Crippen molar-refractivity contribution in [2.24, 2.45) is 11.0 Å². The number of nitrogens with zero attached hydrogens (tertiary/aromatic N) is 2. The lowest BCUT2D eigenvalue weighted by molar-refractivity contribution is -0.155. The standard InChI is InChI=1S/C34H45N3O5/c1-24(12-8-11-17-30(39)42-34(2,3)4)35-32(40)31(26-13-9-10-14-26)27-20-18-25(19-21-27)22-37-29(38)23-41-33(36-37)28-15-6-5-7-16-28/h5-7,15-16,18-21,24,26,31H,8-14,17,22-23H2,1-4H3,(H,35,40)/t24?,31-/m0/s1. The van der Waals surface area contributed by atoms with Crippen LogP contribution in [0.2, 0.25) is 0 Å². The predicted molar refractivity (Wildman–Crippen MR) is 163 cm³/mol. The van der Waals surface area contributed by atoms with E-state index in [0.717, 1.165) is 61.6 Å². The molecule has 4 rings (SSSR count). The molecule has 1 heterocycles. The minimum atomic E-state index is -0.467. The maximum Gasteiger partial charge on any atom is 0.306 e. The molecule has 1 N–H and O–H groups in total. The number of ether oxygens (including phenoxy) is 2. The quantitative estimate of drug-likeness (QED) is 0.244. The Kier molecular flexibility index (Phi) is 10.8. The number of benzene rings is 2. The minimum absolute atomic E-state index is 0.0170. The zero-order valence-corrected chi connectivity index (χ0v) is 25.4. The van der Waals surface area contributed by atoms with E-state index in [2.05, 4.69) is 10.4 Å². The number of rotatable bonds is 12. The maximum atomic E-state index is 13.6. The fraction of sp³-hybridized carbons (Fsp3) is 0.529. The first kappa shape index (κ1) is 31.3. The molecule has 8 heteroatoms. The van der Waals surface area contributed by atoms with Gasteiger partial charge in [-0.1, -0.05) is 61.7 Å². The van der Waals surface area contributed by atoms with E-state index in [9.17, 15) is 14.4 Å². The van der Waals surface area contributed by atoms with E-state index in [1.807, 2.05) is 82.3 Å². The highest BCUT2D eigenvalue weighted by molar-refractivity contribution is 5.97. The van der Waals surface area contributed by atoms with E-state index in [-0.39, 0.29) is 36.4 Å². The Hall–Kier alpha value is -3.68. The zero-order chi connectivity index (χ0) is 30.1. The van der Waals surface area contributed by atoms with Crippen LogP contribution in [-0.4, -0.2) is 46.9 Å². The molecule has 0 spiro atoms. The molecular weight excluding hydrogens is 530 g/mol. The molecule has 0 saturated heterocycles.